The summed E-state index contributed by atoms with van der Waals surface area (Å²) in [6, 6.07) is 12.2. The SMILES string of the molecule is O=C(NCc1ccc(Cl)cc1)C1CC1C(=O)Nc1c(Cl)cccc1Cl. The summed E-state index contributed by atoms with van der Waals surface area (Å²) in [6.07, 6.45) is 0.514. The van der Waals surface area contributed by atoms with Gasteiger partial charge in [0.05, 0.1) is 27.6 Å². The quantitative estimate of drug-likeness (QED) is 0.778. The highest BCUT2D eigenvalue weighted by atomic mass is 35.5. The minimum absolute atomic E-state index is 0.139. The number of carbonyl (C=O) groups is 2. The molecule has 0 spiro atoms. The van der Waals surface area contributed by atoms with Crippen LogP contribution in [0.4, 0.5) is 5.69 Å². The van der Waals surface area contributed by atoms with Crippen molar-refractivity contribution in [1.29, 1.82) is 0 Å². The smallest absolute Gasteiger partial charge is 0.228 e. The highest BCUT2D eigenvalue weighted by Crippen LogP contribution is 2.40. The second-order valence-corrected chi connectivity index (χ2v) is 7.13. The third kappa shape index (κ3) is 4.46. The second kappa shape index (κ2) is 7.65. The number of para-hydroxylation sites is 1. The first kappa shape index (κ1) is 18.1. The largest absolute Gasteiger partial charge is 0.352 e. The summed E-state index contributed by atoms with van der Waals surface area (Å²) in [5, 5.41) is 6.92. The average Bonchev–Trinajstić information content (AvgIpc) is 3.38. The van der Waals surface area contributed by atoms with Gasteiger partial charge in [-0.05, 0) is 36.2 Å². The molecular weight excluding hydrogens is 383 g/mol. The maximum atomic E-state index is 12.3. The zero-order valence-corrected chi connectivity index (χ0v) is 15.3. The van der Waals surface area contributed by atoms with Gasteiger partial charge in [-0.1, -0.05) is 53.0 Å². The number of hydrogen-bond donors (Lipinski definition) is 2. The highest BCUT2D eigenvalue weighted by Gasteiger charge is 2.48. The third-order valence-electron chi connectivity index (χ3n) is 4.05. The van der Waals surface area contributed by atoms with Gasteiger partial charge in [-0.2, -0.15) is 0 Å². The number of benzene rings is 2. The first-order valence-electron chi connectivity index (χ1n) is 7.72. The predicted molar refractivity (Wildman–Crippen MR) is 100.0 cm³/mol. The lowest BCUT2D eigenvalue weighted by Gasteiger charge is -2.09. The lowest BCUT2D eigenvalue weighted by Crippen LogP contribution is -2.27. The molecule has 25 heavy (non-hydrogen) atoms. The first-order valence-corrected chi connectivity index (χ1v) is 8.86. The second-order valence-electron chi connectivity index (χ2n) is 5.88. The highest BCUT2D eigenvalue weighted by molar-refractivity contribution is 6.39. The zero-order chi connectivity index (χ0) is 18.0. The molecule has 4 nitrogen and oxygen atoms in total. The topological polar surface area (TPSA) is 58.2 Å². The molecule has 0 aliphatic heterocycles. The number of halogens is 3. The fourth-order valence-electron chi connectivity index (χ4n) is 2.53. The number of nitrogens with one attached hydrogen (secondary N) is 2. The Bertz CT molecular complexity index is 788. The van der Waals surface area contributed by atoms with Crippen LogP contribution in [-0.2, 0) is 16.1 Å². The minimum Gasteiger partial charge on any atom is -0.352 e. The Labute approximate surface area is 160 Å². The predicted octanol–water partition coefficient (Wildman–Crippen LogP) is 4.54. The monoisotopic (exact) mass is 396 g/mol. The molecule has 130 valence electrons. The van der Waals surface area contributed by atoms with Gasteiger partial charge in [-0.25, -0.2) is 0 Å². The molecule has 0 aromatic heterocycles. The Morgan fingerprint density at radius 2 is 1.52 bits per heavy atom. The molecule has 0 saturated heterocycles. The van der Waals surface area contributed by atoms with Gasteiger partial charge < -0.3 is 10.6 Å². The van der Waals surface area contributed by atoms with Crippen molar-refractivity contribution in [3.8, 4) is 0 Å². The van der Waals surface area contributed by atoms with Crippen LogP contribution in [0.25, 0.3) is 0 Å². The Morgan fingerprint density at radius 1 is 0.920 bits per heavy atom. The molecule has 7 heteroatoms. The number of rotatable bonds is 5. The van der Waals surface area contributed by atoms with Crippen LogP contribution < -0.4 is 10.6 Å². The fourth-order valence-corrected chi connectivity index (χ4v) is 3.15. The van der Waals surface area contributed by atoms with Crippen molar-refractivity contribution < 1.29 is 9.59 Å². The molecule has 2 atom stereocenters. The number of amides is 2. The molecule has 2 N–H and O–H groups in total. The lowest BCUT2D eigenvalue weighted by atomic mass is 10.2. The maximum Gasteiger partial charge on any atom is 0.228 e. The van der Waals surface area contributed by atoms with Crippen molar-refractivity contribution in [3.63, 3.8) is 0 Å². The van der Waals surface area contributed by atoms with Crippen LogP contribution in [0, 0.1) is 11.8 Å². The van der Waals surface area contributed by atoms with Crippen LogP contribution in [0.15, 0.2) is 42.5 Å². The molecule has 1 aliphatic rings. The summed E-state index contributed by atoms with van der Waals surface area (Å²) >= 11 is 17.9. The Kier molecular flexibility index (Phi) is 5.52. The van der Waals surface area contributed by atoms with E-state index in [1.54, 1.807) is 30.3 Å². The van der Waals surface area contributed by atoms with E-state index in [1.165, 1.54) is 0 Å². The minimum atomic E-state index is -0.363. The molecule has 2 amide bonds. The average molecular weight is 398 g/mol. The van der Waals surface area contributed by atoms with E-state index in [1.807, 2.05) is 12.1 Å². The number of carbonyl (C=O) groups excluding carboxylic acids is 2. The van der Waals surface area contributed by atoms with Gasteiger partial charge in [-0.3, -0.25) is 9.59 Å². The normalized spacial score (nSPS) is 18.5. The van der Waals surface area contributed by atoms with Gasteiger partial charge in [0.25, 0.3) is 0 Å². The van der Waals surface area contributed by atoms with Crippen molar-refractivity contribution in [1.82, 2.24) is 5.32 Å². The molecule has 0 heterocycles. The Balaban J connectivity index is 1.52. The standard InChI is InChI=1S/C18H15Cl3N2O2/c19-11-6-4-10(5-7-11)9-22-17(24)12-8-13(12)18(25)23-16-14(20)2-1-3-15(16)21/h1-7,12-13H,8-9H2,(H,22,24)(H,23,25). The molecule has 3 rings (SSSR count). The van der Waals surface area contributed by atoms with Gasteiger partial charge in [0.1, 0.15) is 0 Å². The van der Waals surface area contributed by atoms with Crippen molar-refractivity contribution in [2.75, 3.05) is 5.32 Å². The zero-order valence-electron chi connectivity index (χ0n) is 13.1. The Morgan fingerprint density at radius 3 is 2.16 bits per heavy atom. The summed E-state index contributed by atoms with van der Waals surface area (Å²) in [6.45, 7) is 0.400. The molecule has 0 bridgehead atoms. The summed E-state index contributed by atoms with van der Waals surface area (Å²) < 4.78 is 0. The lowest BCUT2D eigenvalue weighted by molar-refractivity contribution is -0.125. The van der Waals surface area contributed by atoms with Crippen LogP contribution in [-0.4, -0.2) is 11.8 Å². The van der Waals surface area contributed by atoms with E-state index in [2.05, 4.69) is 10.6 Å². The van der Waals surface area contributed by atoms with Crippen LogP contribution in [0.1, 0.15) is 12.0 Å². The molecule has 1 fully saturated rings. The van der Waals surface area contributed by atoms with E-state index in [9.17, 15) is 9.59 Å². The first-order chi connectivity index (χ1) is 12.0. The van der Waals surface area contributed by atoms with E-state index in [4.69, 9.17) is 34.8 Å². The summed E-state index contributed by atoms with van der Waals surface area (Å²) in [7, 11) is 0. The summed E-state index contributed by atoms with van der Waals surface area (Å²) in [4.78, 5) is 24.5. The van der Waals surface area contributed by atoms with E-state index in [0.29, 0.717) is 33.7 Å². The van der Waals surface area contributed by atoms with E-state index in [0.717, 1.165) is 5.56 Å². The Hall–Kier alpha value is -1.75. The summed E-state index contributed by atoms with van der Waals surface area (Å²) in [5.41, 5.74) is 1.32. The molecule has 2 aromatic rings. The summed E-state index contributed by atoms with van der Waals surface area (Å²) in [5.74, 6) is -1.08. The molecule has 2 unspecified atom stereocenters. The van der Waals surface area contributed by atoms with E-state index < -0.39 is 0 Å². The molecule has 1 saturated carbocycles. The molecule has 2 aromatic carbocycles. The van der Waals surface area contributed by atoms with Crippen LogP contribution in [0.5, 0.6) is 0 Å². The van der Waals surface area contributed by atoms with E-state index in [-0.39, 0.29) is 23.7 Å². The molecule has 0 radical (unpaired) electrons. The van der Waals surface area contributed by atoms with Crippen molar-refractivity contribution in [3.05, 3.63) is 63.1 Å². The van der Waals surface area contributed by atoms with Crippen molar-refractivity contribution in [2.24, 2.45) is 11.8 Å². The van der Waals surface area contributed by atoms with Gasteiger partial charge >= 0.3 is 0 Å². The van der Waals surface area contributed by atoms with Crippen LogP contribution >= 0.6 is 34.8 Å². The van der Waals surface area contributed by atoms with Crippen molar-refractivity contribution in [2.45, 2.75) is 13.0 Å². The number of hydrogen-bond acceptors (Lipinski definition) is 2. The van der Waals surface area contributed by atoms with Crippen molar-refractivity contribution >= 4 is 52.3 Å². The van der Waals surface area contributed by atoms with E-state index >= 15 is 0 Å². The molecular formula is C18H15Cl3N2O2. The fraction of sp³-hybridized carbons (Fsp3) is 0.222. The van der Waals surface area contributed by atoms with Gasteiger partial charge in [0.2, 0.25) is 11.8 Å². The van der Waals surface area contributed by atoms with Crippen LogP contribution in [0.3, 0.4) is 0 Å². The third-order valence-corrected chi connectivity index (χ3v) is 4.94. The van der Waals surface area contributed by atoms with Crippen LogP contribution in [0.2, 0.25) is 15.1 Å². The van der Waals surface area contributed by atoms with Gasteiger partial charge in [0.15, 0.2) is 0 Å². The van der Waals surface area contributed by atoms with Gasteiger partial charge in [-0.15, -0.1) is 0 Å². The maximum absolute atomic E-state index is 12.3. The van der Waals surface area contributed by atoms with Gasteiger partial charge in [0, 0.05) is 11.6 Å². The number of anilines is 1. The molecule has 1 aliphatic carbocycles.